The standard InChI is InChI=1S/C8H18OSi/c1-6-7-10(5,9)8(2,3)4/h6,9H,1,7H2,2-5H3/i9D. The summed E-state index contributed by atoms with van der Waals surface area (Å²) in [7, 11) is -1.88. The lowest BCUT2D eigenvalue weighted by molar-refractivity contribution is 0.481. The Balaban J connectivity index is 4.45. The van der Waals surface area contributed by atoms with Crippen molar-refractivity contribution in [3.05, 3.63) is 12.7 Å². The molecule has 0 aliphatic carbocycles. The van der Waals surface area contributed by atoms with Crippen LogP contribution in [-0.2, 0) is 0 Å². The van der Waals surface area contributed by atoms with E-state index in [0.29, 0.717) is 0 Å². The molecule has 1 N–H and O–H groups in total. The molecular weight excluding hydrogens is 140 g/mol. The second kappa shape index (κ2) is 2.89. The summed E-state index contributed by atoms with van der Waals surface area (Å²) in [5.74, 6) is 0. The van der Waals surface area contributed by atoms with E-state index in [4.69, 9.17) is 6.23 Å². The Morgan fingerprint density at radius 3 is 2.30 bits per heavy atom. The number of hydrogen-bond acceptors (Lipinski definition) is 1. The van der Waals surface area contributed by atoms with Crippen molar-refractivity contribution < 1.29 is 4.80 Å². The van der Waals surface area contributed by atoms with Crippen molar-refractivity contribution in [1.29, 1.82) is 1.43 Å². The summed E-state index contributed by atoms with van der Waals surface area (Å²) in [5.41, 5.74) is 0. The van der Waals surface area contributed by atoms with Crippen molar-refractivity contribution in [2.24, 2.45) is 0 Å². The second-order valence-corrected chi connectivity index (χ2v) is 8.34. The van der Waals surface area contributed by atoms with Crippen LogP contribution in [0.15, 0.2) is 12.7 Å². The Morgan fingerprint density at radius 1 is 1.70 bits per heavy atom. The number of allylic oxidation sites excluding steroid dienone is 1. The SMILES string of the molecule is [2H]O[Si](C)(CC=C)C(C)(C)C. The molecule has 0 aromatic carbocycles. The Labute approximate surface area is 66.4 Å². The van der Waals surface area contributed by atoms with Crippen LogP contribution < -0.4 is 0 Å². The van der Waals surface area contributed by atoms with Crippen LogP contribution in [0, 0.1) is 0 Å². The molecule has 0 amide bonds. The van der Waals surface area contributed by atoms with Gasteiger partial charge in [0.15, 0.2) is 9.75 Å². The van der Waals surface area contributed by atoms with E-state index in [0.717, 1.165) is 6.04 Å². The van der Waals surface area contributed by atoms with E-state index in [1.165, 1.54) is 0 Å². The summed E-state index contributed by atoms with van der Waals surface area (Å²) in [4.78, 5) is 4.86. The van der Waals surface area contributed by atoms with E-state index in [2.05, 4.69) is 33.9 Å². The highest BCUT2D eigenvalue weighted by molar-refractivity contribution is 6.74. The molecule has 1 nitrogen and oxygen atoms in total. The van der Waals surface area contributed by atoms with Crippen LogP contribution >= 0.6 is 0 Å². The molecule has 0 aliphatic heterocycles. The molecule has 0 aromatic rings. The molecule has 0 saturated carbocycles. The van der Waals surface area contributed by atoms with Crippen LogP contribution in [0.25, 0.3) is 0 Å². The van der Waals surface area contributed by atoms with E-state index in [9.17, 15) is 0 Å². The molecule has 0 fully saturated rings. The van der Waals surface area contributed by atoms with Gasteiger partial charge in [-0.2, -0.15) is 0 Å². The molecule has 0 aromatic heterocycles. The summed E-state index contributed by atoms with van der Waals surface area (Å²) < 4.78 is 7.03. The van der Waals surface area contributed by atoms with Crippen molar-refractivity contribution in [1.82, 2.24) is 0 Å². The maximum absolute atomic E-state index is 7.03. The zero-order chi connectivity index (χ0) is 9.12. The molecule has 0 saturated heterocycles. The monoisotopic (exact) mass is 159 g/mol. The average molecular weight is 159 g/mol. The number of hydrogen-bond donors (Lipinski definition) is 1. The highest BCUT2D eigenvalue weighted by Gasteiger charge is 2.37. The van der Waals surface area contributed by atoms with Crippen LogP contribution in [0.2, 0.25) is 17.6 Å². The first-order valence-corrected chi connectivity index (χ1v) is 6.24. The molecular formula is C8H18OSi. The van der Waals surface area contributed by atoms with Crippen LogP contribution in [0.3, 0.4) is 0 Å². The first kappa shape index (κ1) is 8.02. The fourth-order valence-electron chi connectivity index (χ4n) is 0.582. The molecule has 1 atom stereocenters. The largest absolute Gasteiger partial charge is 0.431 e. The lowest BCUT2D eigenvalue weighted by Gasteiger charge is -2.33. The molecule has 2 heteroatoms. The van der Waals surface area contributed by atoms with Gasteiger partial charge in [-0.25, -0.2) is 0 Å². The van der Waals surface area contributed by atoms with Crippen molar-refractivity contribution in [3.8, 4) is 0 Å². The van der Waals surface area contributed by atoms with E-state index in [1.807, 2.05) is 6.08 Å². The van der Waals surface area contributed by atoms with Gasteiger partial charge in [0.2, 0.25) is 0 Å². The Morgan fingerprint density at radius 2 is 2.20 bits per heavy atom. The predicted molar refractivity (Wildman–Crippen MR) is 48.6 cm³/mol. The highest BCUT2D eigenvalue weighted by atomic mass is 28.4. The number of rotatable bonds is 3. The maximum Gasteiger partial charge on any atom is 0.194 e. The minimum absolute atomic E-state index is 0.114. The van der Waals surface area contributed by atoms with Crippen molar-refractivity contribution >= 4 is 8.32 Å². The maximum atomic E-state index is 7.03. The summed E-state index contributed by atoms with van der Waals surface area (Å²) in [6, 6.07) is 0.847. The molecule has 0 radical (unpaired) electrons. The zero-order valence-electron chi connectivity index (χ0n) is 8.40. The third kappa shape index (κ3) is 2.27. The topological polar surface area (TPSA) is 20.2 Å². The zero-order valence-corrected chi connectivity index (χ0v) is 8.40. The van der Waals surface area contributed by atoms with Crippen molar-refractivity contribution in [2.75, 3.05) is 0 Å². The molecule has 0 spiro atoms. The van der Waals surface area contributed by atoms with Crippen LogP contribution in [0.5, 0.6) is 0 Å². The van der Waals surface area contributed by atoms with Gasteiger partial charge in [-0.15, -0.1) is 6.58 Å². The Bertz CT molecular complexity index is 142. The molecule has 0 rings (SSSR count). The van der Waals surface area contributed by atoms with Gasteiger partial charge in [0.25, 0.3) is 0 Å². The molecule has 10 heavy (non-hydrogen) atoms. The average Bonchev–Trinajstić information content (AvgIpc) is 1.86. The van der Waals surface area contributed by atoms with E-state index in [1.54, 1.807) is 0 Å². The van der Waals surface area contributed by atoms with Gasteiger partial charge in [0.1, 0.15) is 0 Å². The van der Waals surface area contributed by atoms with Gasteiger partial charge in [0, 0.05) is 0 Å². The predicted octanol–water partition coefficient (Wildman–Crippen LogP) is 2.54. The smallest absolute Gasteiger partial charge is 0.194 e. The van der Waals surface area contributed by atoms with Crippen LogP contribution in [0.4, 0.5) is 0 Å². The molecule has 0 heterocycles. The fourth-order valence-corrected chi connectivity index (χ4v) is 1.74. The first-order chi connectivity index (χ1) is 4.87. The van der Waals surface area contributed by atoms with Crippen LogP contribution in [0.1, 0.15) is 20.8 Å². The quantitative estimate of drug-likeness (QED) is 0.495. The second-order valence-electron chi connectivity index (χ2n) is 3.97. The molecule has 0 aliphatic rings. The molecule has 1 unspecified atom stereocenters. The summed E-state index contributed by atoms with van der Waals surface area (Å²) in [6.45, 7) is 12.1. The van der Waals surface area contributed by atoms with Gasteiger partial charge in [-0.05, 0) is 17.6 Å². The first-order valence-electron chi connectivity index (χ1n) is 4.03. The van der Waals surface area contributed by atoms with Crippen molar-refractivity contribution in [2.45, 2.75) is 38.4 Å². The van der Waals surface area contributed by atoms with Gasteiger partial charge >= 0.3 is 0 Å². The van der Waals surface area contributed by atoms with E-state index < -0.39 is 8.32 Å². The highest BCUT2D eigenvalue weighted by Crippen LogP contribution is 2.36. The molecule has 60 valence electrons. The Hall–Kier alpha value is -0.0831. The van der Waals surface area contributed by atoms with Gasteiger partial charge < -0.3 is 4.80 Å². The summed E-state index contributed by atoms with van der Waals surface area (Å²) >= 11 is 0. The summed E-state index contributed by atoms with van der Waals surface area (Å²) in [6.07, 6.45) is 1.85. The minimum atomic E-state index is -1.88. The lowest BCUT2D eigenvalue weighted by atomic mass is 10.2. The van der Waals surface area contributed by atoms with Gasteiger partial charge in [-0.3, -0.25) is 0 Å². The van der Waals surface area contributed by atoms with Crippen LogP contribution in [-0.4, -0.2) is 14.5 Å². The molecule has 0 bridgehead atoms. The normalized spacial score (nSPS) is 19.4. The minimum Gasteiger partial charge on any atom is -0.431 e. The third-order valence-corrected chi connectivity index (χ3v) is 6.36. The van der Waals surface area contributed by atoms with Crippen molar-refractivity contribution in [3.63, 3.8) is 0 Å². The van der Waals surface area contributed by atoms with E-state index >= 15 is 0 Å². The third-order valence-electron chi connectivity index (χ3n) is 2.12. The van der Waals surface area contributed by atoms with E-state index in [-0.39, 0.29) is 5.04 Å². The van der Waals surface area contributed by atoms with Gasteiger partial charge in [-0.1, -0.05) is 26.8 Å². The summed E-state index contributed by atoms with van der Waals surface area (Å²) in [5, 5.41) is 0.114. The fraction of sp³-hybridized carbons (Fsp3) is 0.750. The van der Waals surface area contributed by atoms with Gasteiger partial charge in [0.05, 0.1) is 0 Å². The lowest BCUT2D eigenvalue weighted by Crippen LogP contribution is -2.39. The Kier molecular flexibility index (Phi) is 2.31.